The SMILES string of the molecule is OC1CSCc2ccc(Cl)cc21. The largest absolute Gasteiger partial charge is 0.388 e. The number of hydrogen-bond acceptors (Lipinski definition) is 2. The Kier molecular flexibility index (Phi) is 2.31. The van der Waals surface area contributed by atoms with Crippen molar-refractivity contribution in [3.05, 3.63) is 34.3 Å². The summed E-state index contributed by atoms with van der Waals surface area (Å²) in [5.74, 6) is 1.77. The summed E-state index contributed by atoms with van der Waals surface area (Å²) >= 11 is 7.58. The zero-order valence-electron chi connectivity index (χ0n) is 6.46. The molecule has 1 aromatic carbocycles. The number of aliphatic hydroxyl groups is 1. The Labute approximate surface area is 80.7 Å². The summed E-state index contributed by atoms with van der Waals surface area (Å²) < 4.78 is 0. The molecule has 0 saturated heterocycles. The maximum Gasteiger partial charge on any atom is 0.0884 e. The van der Waals surface area contributed by atoms with E-state index >= 15 is 0 Å². The van der Waals surface area contributed by atoms with Gasteiger partial charge in [0, 0.05) is 16.5 Å². The van der Waals surface area contributed by atoms with Crippen LogP contribution < -0.4 is 0 Å². The minimum absolute atomic E-state index is 0.336. The van der Waals surface area contributed by atoms with Gasteiger partial charge < -0.3 is 5.11 Å². The Morgan fingerprint density at radius 3 is 3.17 bits per heavy atom. The van der Waals surface area contributed by atoms with Crippen LogP contribution >= 0.6 is 23.4 Å². The van der Waals surface area contributed by atoms with Crippen molar-refractivity contribution in [2.45, 2.75) is 11.9 Å². The molecule has 0 aliphatic carbocycles. The molecule has 1 atom stereocenters. The van der Waals surface area contributed by atoms with E-state index in [2.05, 4.69) is 0 Å². The van der Waals surface area contributed by atoms with Gasteiger partial charge in [-0.2, -0.15) is 11.8 Å². The molecule has 1 N–H and O–H groups in total. The maximum absolute atomic E-state index is 9.61. The zero-order chi connectivity index (χ0) is 8.55. The lowest BCUT2D eigenvalue weighted by Crippen LogP contribution is -2.09. The molecule has 0 fully saturated rings. The van der Waals surface area contributed by atoms with Crippen molar-refractivity contribution < 1.29 is 5.11 Å². The summed E-state index contributed by atoms with van der Waals surface area (Å²) in [5, 5.41) is 10.3. The van der Waals surface area contributed by atoms with Gasteiger partial charge in [-0.15, -0.1) is 0 Å². The molecule has 0 aromatic heterocycles. The highest BCUT2D eigenvalue weighted by Crippen LogP contribution is 2.32. The topological polar surface area (TPSA) is 20.2 Å². The number of hydrogen-bond donors (Lipinski definition) is 1. The van der Waals surface area contributed by atoms with Gasteiger partial charge in [0.15, 0.2) is 0 Å². The summed E-state index contributed by atoms with van der Waals surface area (Å²) in [5.41, 5.74) is 2.21. The molecule has 0 amide bonds. The van der Waals surface area contributed by atoms with E-state index in [1.54, 1.807) is 11.8 Å². The first-order valence-corrected chi connectivity index (χ1v) is 5.35. The standard InChI is InChI=1S/C9H9ClOS/c10-7-2-1-6-4-12-5-9(11)8(6)3-7/h1-3,9,11H,4-5H2. The summed E-state index contributed by atoms with van der Waals surface area (Å²) in [4.78, 5) is 0. The van der Waals surface area contributed by atoms with E-state index in [1.165, 1.54) is 5.56 Å². The van der Waals surface area contributed by atoms with Crippen LogP contribution in [-0.4, -0.2) is 10.9 Å². The molecule has 0 bridgehead atoms. The van der Waals surface area contributed by atoms with E-state index in [4.69, 9.17) is 11.6 Å². The first-order chi connectivity index (χ1) is 5.77. The second-order valence-electron chi connectivity index (χ2n) is 2.87. The Balaban J connectivity index is 2.47. The lowest BCUT2D eigenvalue weighted by atomic mass is 10.0. The van der Waals surface area contributed by atoms with Gasteiger partial charge in [-0.1, -0.05) is 17.7 Å². The Morgan fingerprint density at radius 1 is 1.50 bits per heavy atom. The highest BCUT2D eigenvalue weighted by Gasteiger charge is 2.17. The van der Waals surface area contributed by atoms with Crippen LogP contribution in [-0.2, 0) is 5.75 Å². The molecule has 64 valence electrons. The fourth-order valence-electron chi connectivity index (χ4n) is 1.38. The van der Waals surface area contributed by atoms with Crippen LogP contribution in [0.4, 0.5) is 0 Å². The number of fused-ring (bicyclic) bond motifs is 1. The van der Waals surface area contributed by atoms with E-state index in [1.807, 2.05) is 18.2 Å². The Hall–Kier alpha value is -0.180. The minimum Gasteiger partial charge on any atom is -0.388 e. The number of aliphatic hydroxyl groups excluding tert-OH is 1. The van der Waals surface area contributed by atoms with Crippen LogP contribution in [0.3, 0.4) is 0 Å². The van der Waals surface area contributed by atoms with Gasteiger partial charge in [0.05, 0.1) is 6.10 Å². The van der Waals surface area contributed by atoms with E-state index in [0.29, 0.717) is 5.02 Å². The van der Waals surface area contributed by atoms with Crippen LogP contribution in [0.5, 0.6) is 0 Å². The van der Waals surface area contributed by atoms with Crippen LogP contribution in [0.2, 0.25) is 5.02 Å². The lowest BCUT2D eigenvalue weighted by molar-refractivity contribution is 0.202. The molecule has 1 aromatic rings. The number of halogens is 1. The van der Waals surface area contributed by atoms with Gasteiger partial charge in [-0.3, -0.25) is 0 Å². The number of thioether (sulfide) groups is 1. The van der Waals surface area contributed by atoms with E-state index in [-0.39, 0.29) is 6.10 Å². The number of benzene rings is 1. The first kappa shape index (κ1) is 8.42. The third-order valence-corrected chi connectivity index (χ3v) is 3.30. The Morgan fingerprint density at radius 2 is 2.33 bits per heavy atom. The molecular formula is C9H9ClOS. The van der Waals surface area contributed by atoms with Crippen molar-refractivity contribution in [1.82, 2.24) is 0 Å². The summed E-state index contributed by atoms with van der Waals surface area (Å²) in [6, 6.07) is 5.73. The predicted molar refractivity (Wildman–Crippen MR) is 52.6 cm³/mol. The summed E-state index contributed by atoms with van der Waals surface area (Å²) in [6.45, 7) is 0. The average Bonchev–Trinajstić information content (AvgIpc) is 2.07. The average molecular weight is 201 g/mol. The van der Waals surface area contributed by atoms with Crippen LogP contribution in [0, 0.1) is 0 Å². The fraction of sp³-hybridized carbons (Fsp3) is 0.333. The molecule has 1 nitrogen and oxygen atoms in total. The maximum atomic E-state index is 9.61. The highest BCUT2D eigenvalue weighted by atomic mass is 35.5. The van der Waals surface area contributed by atoms with Gasteiger partial charge in [0.25, 0.3) is 0 Å². The van der Waals surface area contributed by atoms with Crippen LogP contribution in [0.25, 0.3) is 0 Å². The lowest BCUT2D eigenvalue weighted by Gasteiger charge is -2.20. The zero-order valence-corrected chi connectivity index (χ0v) is 8.03. The summed E-state index contributed by atoms with van der Waals surface area (Å²) in [6.07, 6.45) is -0.336. The molecule has 1 heterocycles. The number of rotatable bonds is 0. The van der Waals surface area contributed by atoms with E-state index < -0.39 is 0 Å². The molecule has 1 aliphatic heterocycles. The van der Waals surface area contributed by atoms with Gasteiger partial charge >= 0.3 is 0 Å². The van der Waals surface area contributed by atoms with Crippen molar-refractivity contribution in [1.29, 1.82) is 0 Å². The van der Waals surface area contributed by atoms with Gasteiger partial charge in [-0.05, 0) is 23.3 Å². The van der Waals surface area contributed by atoms with Crippen LogP contribution in [0.15, 0.2) is 18.2 Å². The monoisotopic (exact) mass is 200 g/mol. The van der Waals surface area contributed by atoms with Crippen molar-refractivity contribution in [3.63, 3.8) is 0 Å². The molecule has 12 heavy (non-hydrogen) atoms. The molecule has 0 saturated carbocycles. The fourth-order valence-corrected chi connectivity index (χ4v) is 2.56. The molecule has 2 rings (SSSR count). The molecule has 0 spiro atoms. The van der Waals surface area contributed by atoms with Gasteiger partial charge in [0.2, 0.25) is 0 Å². The third kappa shape index (κ3) is 1.47. The molecule has 1 unspecified atom stereocenters. The van der Waals surface area contributed by atoms with Crippen molar-refractivity contribution in [3.8, 4) is 0 Å². The molecular weight excluding hydrogens is 192 g/mol. The molecule has 3 heteroatoms. The molecule has 0 radical (unpaired) electrons. The third-order valence-electron chi connectivity index (χ3n) is 2.00. The van der Waals surface area contributed by atoms with Crippen molar-refractivity contribution >= 4 is 23.4 Å². The smallest absolute Gasteiger partial charge is 0.0884 e. The highest BCUT2D eigenvalue weighted by molar-refractivity contribution is 7.98. The van der Waals surface area contributed by atoms with E-state index in [9.17, 15) is 5.11 Å². The minimum atomic E-state index is -0.336. The second kappa shape index (κ2) is 3.29. The Bertz CT molecular complexity index is 301. The normalized spacial score (nSPS) is 22.0. The van der Waals surface area contributed by atoms with Gasteiger partial charge in [0.1, 0.15) is 0 Å². The van der Waals surface area contributed by atoms with E-state index in [0.717, 1.165) is 17.1 Å². The van der Waals surface area contributed by atoms with Crippen molar-refractivity contribution in [2.24, 2.45) is 0 Å². The summed E-state index contributed by atoms with van der Waals surface area (Å²) in [7, 11) is 0. The van der Waals surface area contributed by atoms with Gasteiger partial charge in [-0.25, -0.2) is 0 Å². The molecule has 1 aliphatic rings. The quantitative estimate of drug-likeness (QED) is 0.695. The first-order valence-electron chi connectivity index (χ1n) is 3.81. The van der Waals surface area contributed by atoms with Crippen molar-refractivity contribution in [2.75, 3.05) is 5.75 Å². The van der Waals surface area contributed by atoms with Crippen LogP contribution in [0.1, 0.15) is 17.2 Å². The second-order valence-corrected chi connectivity index (χ2v) is 4.34. The predicted octanol–water partition coefficient (Wildman–Crippen LogP) is 2.62.